The van der Waals surface area contributed by atoms with Crippen molar-refractivity contribution in [2.24, 2.45) is 23.0 Å². The standard InChI is InChI=1S/C28H40BN9O3/c1-27(2)19-14-20(27)28(3)21(15-19)40-29(41-28)22(11-7-8-12-30)31-26(39)17-38-25(13-18-9-5-4-6-10-18)32-23(35-38)16-24-33-36-37-34-24/h4-6,9-10,19-22H,7-8,11-17,30H2,1-3H3,(H,31,39)(H,33,34,36,37)/t19-,20-,21+,22-,28-/m0/s1. The first-order chi connectivity index (χ1) is 19.8. The van der Waals surface area contributed by atoms with E-state index in [2.05, 4.69) is 51.8 Å². The van der Waals surface area contributed by atoms with E-state index in [-0.39, 0.29) is 35.5 Å². The highest BCUT2D eigenvalue weighted by Crippen LogP contribution is 2.65. The van der Waals surface area contributed by atoms with Crippen LogP contribution in [0.25, 0.3) is 0 Å². The Kier molecular flexibility index (Phi) is 7.69. The maximum atomic E-state index is 13.5. The van der Waals surface area contributed by atoms with Crippen LogP contribution in [-0.4, -0.2) is 72.6 Å². The van der Waals surface area contributed by atoms with Gasteiger partial charge in [0.25, 0.3) is 0 Å². The van der Waals surface area contributed by atoms with E-state index in [0.29, 0.717) is 48.7 Å². The lowest BCUT2D eigenvalue weighted by molar-refractivity contribution is -0.199. The number of carbonyl (C=O) groups is 1. The number of H-pyrrole nitrogens is 1. The number of hydrogen-bond donors (Lipinski definition) is 3. The van der Waals surface area contributed by atoms with Gasteiger partial charge in [-0.3, -0.25) is 4.79 Å². The Hall–Kier alpha value is -3.16. The SMILES string of the molecule is CC1(C)[C@@H]2C[C@H]3OB([C@H](CCCCN)NC(=O)Cn4nc(Cc5nn[nH]n5)nc4Cc4ccccc4)O[C@@]3(C)[C@H]1C2. The van der Waals surface area contributed by atoms with Crippen molar-refractivity contribution in [1.29, 1.82) is 0 Å². The van der Waals surface area contributed by atoms with Crippen molar-refractivity contribution in [3.8, 4) is 0 Å². The minimum Gasteiger partial charge on any atom is -0.404 e. The Morgan fingerprint density at radius 2 is 2.02 bits per heavy atom. The molecule has 1 saturated heterocycles. The second-order valence-electron chi connectivity index (χ2n) is 12.6. The molecular weight excluding hydrogens is 521 g/mol. The summed E-state index contributed by atoms with van der Waals surface area (Å²) in [5.74, 6) is 2.39. The highest BCUT2D eigenvalue weighted by atomic mass is 16.7. The Balaban J connectivity index is 1.17. The molecule has 0 radical (unpaired) electrons. The largest absolute Gasteiger partial charge is 0.481 e. The molecule has 1 aromatic carbocycles. The van der Waals surface area contributed by atoms with E-state index in [4.69, 9.17) is 20.0 Å². The van der Waals surface area contributed by atoms with Gasteiger partial charge in [0.2, 0.25) is 5.91 Å². The Labute approximate surface area is 240 Å². The molecule has 13 heteroatoms. The molecule has 4 aliphatic rings. The number of nitrogens with zero attached hydrogens (tertiary/aromatic N) is 6. The minimum absolute atomic E-state index is 0.0277. The molecule has 41 heavy (non-hydrogen) atoms. The summed E-state index contributed by atoms with van der Waals surface area (Å²) in [6, 6.07) is 10.0. The normalized spacial score (nSPS) is 26.8. The van der Waals surface area contributed by atoms with Crippen molar-refractivity contribution >= 4 is 13.0 Å². The molecule has 3 saturated carbocycles. The van der Waals surface area contributed by atoms with Gasteiger partial charge in [-0.2, -0.15) is 10.3 Å². The first-order valence-corrected chi connectivity index (χ1v) is 14.8. The number of rotatable bonds is 12. The highest BCUT2D eigenvalue weighted by Gasteiger charge is 2.68. The highest BCUT2D eigenvalue weighted by molar-refractivity contribution is 6.47. The van der Waals surface area contributed by atoms with E-state index in [1.807, 2.05) is 30.3 Å². The number of nitrogens with two attached hydrogens (primary N) is 1. The number of benzene rings is 1. The second-order valence-corrected chi connectivity index (χ2v) is 12.6. The molecule has 3 aromatic rings. The average molecular weight is 562 g/mol. The van der Waals surface area contributed by atoms with Crippen LogP contribution in [0, 0.1) is 17.3 Å². The first-order valence-electron chi connectivity index (χ1n) is 14.8. The van der Waals surface area contributed by atoms with E-state index in [9.17, 15) is 4.79 Å². The molecule has 3 aliphatic carbocycles. The fourth-order valence-corrected chi connectivity index (χ4v) is 7.18. The second kappa shape index (κ2) is 11.3. The predicted octanol–water partition coefficient (Wildman–Crippen LogP) is 1.85. The zero-order valence-electron chi connectivity index (χ0n) is 24.1. The van der Waals surface area contributed by atoms with Crippen molar-refractivity contribution in [1.82, 2.24) is 40.7 Å². The van der Waals surface area contributed by atoms with Gasteiger partial charge < -0.3 is 20.4 Å². The molecule has 12 nitrogen and oxygen atoms in total. The number of aromatic nitrogens is 7. The van der Waals surface area contributed by atoms with Gasteiger partial charge in [-0.25, -0.2) is 9.67 Å². The topological polar surface area (TPSA) is 159 Å². The van der Waals surface area contributed by atoms with Gasteiger partial charge in [0.05, 0.1) is 24.1 Å². The summed E-state index contributed by atoms with van der Waals surface area (Å²) in [4.78, 5) is 18.3. The number of aromatic amines is 1. The van der Waals surface area contributed by atoms with Gasteiger partial charge in [-0.1, -0.05) is 55.8 Å². The summed E-state index contributed by atoms with van der Waals surface area (Å²) in [5.41, 5.74) is 6.79. The number of nitrogens with one attached hydrogen (secondary N) is 2. The molecular formula is C28H40BN9O3. The number of hydrogen-bond acceptors (Lipinski definition) is 9. The molecule has 3 heterocycles. The summed E-state index contributed by atoms with van der Waals surface area (Å²) < 4.78 is 14.9. The third-order valence-corrected chi connectivity index (χ3v) is 9.61. The van der Waals surface area contributed by atoms with E-state index in [1.165, 1.54) is 6.42 Å². The lowest BCUT2D eigenvalue weighted by atomic mass is 9.43. The molecule has 1 aliphatic heterocycles. The molecule has 4 N–H and O–H groups in total. The van der Waals surface area contributed by atoms with Crippen LogP contribution in [0.1, 0.15) is 75.9 Å². The molecule has 218 valence electrons. The van der Waals surface area contributed by atoms with Crippen LogP contribution < -0.4 is 11.1 Å². The van der Waals surface area contributed by atoms with Crippen LogP contribution in [0.5, 0.6) is 0 Å². The molecule has 1 amide bonds. The summed E-state index contributed by atoms with van der Waals surface area (Å²) in [7, 11) is -0.491. The Bertz CT molecular complexity index is 1330. The van der Waals surface area contributed by atoms with Gasteiger partial charge in [0, 0.05) is 6.42 Å². The molecule has 0 spiro atoms. The quantitative estimate of drug-likeness (QED) is 0.222. The van der Waals surface area contributed by atoms with Crippen LogP contribution in [0.4, 0.5) is 0 Å². The van der Waals surface area contributed by atoms with Crippen LogP contribution in [0.15, 0.2) is 30.3 Å². The zero-order valence-corrected chi connectivity index (χ0v) is 24.1. The average Bonchev–Trinajstić information content (AvgIpc) is 3.67. The van der Waals surface area contributed by atoms with Crippen LogP contribution in [-0.2, 0) is 33.5 Å². The molecule has 0 unspecified atom stereocenters. The first kappa shape index (κ1) is 28.0. The molecule has 2 bridgehead atoms. The van der Waals surface area contributed by atoms with E-state index < -0.39 is 7.12 Å². The van der Waals surface area contributed by atoms with Gasteiger partial charge >= 0.3 is 7.12 Å². The zero-order chi connectivity index (χ0) is 28.6. The van der Waals surface area contributed by atoms with Crippen molar-refractivity contribution in [2.45, 2.75) is 89.9 Å². The van der Waals surface area contributed by atoms with Crippen molar-refractivity contribution < 1.29 is 14.1 Å². The number of amides is 1. The van der Waals surface area contributed by atoms with Gasteiger partial charge in [0.15, 0.2) is 11.6 Å². The Morgan fingerprint density at radius 3 is 2.76 bits per heavy atom. The molecule has 4 fully saturated rings. The third kappa shape index (κ3) is 5.54. The maximum absolute atomic E-state index is 13.5. The van der Waals surface area contributed by atoms with E-state index >= 15 is 0 Å². The van der Waals surface area contributed by atoms with Crippen molar-refractivity contribution in [3.63, 3.8) is 0 Å². The fraction of sp³-hybridized carbons (Fsp3) is 0.643. The van der Waals surface area contributed by atoms with Crippen molar-refractivity contribution in [2.75, 3.05) is 6.54 Å². The third-order valence-electron chi connectivity index (χ3n) is 9.61. The van der Waals surface area contributed by atoms with Gasteiger partial charge in [-0.05, 0) is 62.0 Å². The van der Waals surface area contributed by atoms with E-state index in [1.54, 1.807) is 4.68 Å². The Morgan fingerprint density at radius 1 is 1.20 bits per heavy atom. The van der Waals surface area contributed by atoms with Crippen LogP contribution in [0.3, 0.4) is 0 Å². The molecule has 7 rings (SSSR count). The fourth-order valence-electron chi connectivity index (χ4n) is 7.18. The summed E-state index contributed by atoms with van der Waals surface area (Å²) >= 11 is 0. The maximum Gasteiger partial charge on any atom is 0.481 e. The van der Waals surface area contributed by atoms with Gasteiger partial charge in [0.1, 0.15) is 12.4 Å². The number of tetrazole rings is 1. The van der Waals surface area contributed by atoms with Gasteiger partial charge in [-0.15, -0.1) is 10.2 Å². The van der Waals surface area contributed by atoms with Crippen LogP contribution in [0.2, 0.25) is 0 Å². The minimum atomic E-state index is -0.491. The monoisotopic (exact) mass is 561 g/mol. The number of unbranched alkanes of at least 4 members (excludes halogenated alkanes) is 1. The summed E-state index contributed by atoms with van der Waals surface area (Å²) in [6.45, 7) is 7.54. The molecule has 2 aromatic heterocycles. The smallest absolute Gasteiger partial charge is 0.404 e. The predicted molar refractivity (Wildman–Crippen MR) is 151 cm³/mol. The number of carbonyl (C=O) groups excluding carboxylic acids is 1. The molecule has 5 atom stereocenters. The summed E-state index contributed by atoms with van der Waals surface area (Å²) in [6.07, 6.45) is 5.58. The van der Waals surface area contributed by atoms with Crippen molar-refractivity contribution in [3.05, 3.63) is 53.4 Å². The lowest BCUT2D eigenvalue weighted by Gasteiger charge is -2.64. The summed E-state index contributed by atoms with van der Waals surface area (Å²) in [5, 5.41) is 22.0. The van der Waals surface area contributed by atoms with E-state index in [0.717, 1.165) is 31.2 Å². The van der Waals surface area contributed by atoms with Crippen LogP contribution >= 0.6 is 0 Å². The lowest BCUT2D eigenvalue weighted by Crippen LogP contribution is -2.65.